The second-order valence-corrected chi connectivity index (χ2v) is 5.52. The summed E-state index contributed by atoms with van der Waals surface area (Å²) >= 11 is 3.57. The second-order valence-electron chi connectivity index (χ2n) is 4.67. The number of nitrogens with one attached hydrogen (secondary N) is 1. The van der Waals surface area contributed by atoms with E-state index in [0.29, 0.717) is 12.0 Å². The molecule has 0 aliphatic carbocycles. The van der Waals surface area contributed by atoms with Gasteiger partial charge in [-0.15, -0.1) is 0 Å². The number of ether oxygens (including phenoxy) is 1. The normalized spacial score (nSPS) is 13.0. The molecule has 0 saturated heterocycles. The topological polar surface area (TPSA) is 21.3 Å². The minimum Gasteiger partial charge on any atom is -0.380 e. The third-order valence-electron chi connectivity index (χ3n) is 2.52. The van der Waals surface area contributed by atoms with Gasteiger partial charge in [-0.05, 0) is 24.5 Å². The third kappa shape index (κ3) is 5.66. The molecule has 1 atom stereocenters. The van der Waals surface area contributed by atoms with E-state index in [0.717, 1.165) is 24.2 Å². The predicted octanol–water partition coefficient (Wildman–Crippen LogP) is 3.77. The Balaban J connectivity index is 2.26. The largest absolute Gasteiger partial charge is 0.380 e. The highest BCUT2D eigenvalue weighted by Gasteiger charge is 2.07. The van der Waals surface area contributed by atoms with Gasteiger partial charge in [-0.3, -0.25) is 0 Å². The Morgan fingerprint density at radius 3 is 2.59 bits per heavy atom. The zero-order chi connectivity index (χ0) is 12.7. The van der Waals surface area contributed by atoms with Crippen LogP contribution in [0.3, 0.4) is 0 Å². The van der Waals surface area contributed by atoms with Crippen molar-refractivity contribution in [2.45, 2.75) is 26.8 Å². The number of halogens is 1. The summed E-state index contributed by atoms with van der Waals surface area (Å²) in [5, 5.41) is 3.46. The van der Waals surface area contributed by atoms with Gasteiger partial charge in [-0.1, -0.05) is 48.0 Å². The van der Waals surface area contributed by atoms with Crippen molar-refractivity contribution in [3.8, 4) is 0 Å². The fourth-order valence-electron chi connectivity index (χ4n) is 1.60. The zero-order valence-electron chi connectivity index (χ0n) is 10.9. The molecule has 2 nitrogen and oxygen atoms in total. The molecule has 0 aromatic heterocycles. The molecule has 0 aliphatic rings. The molecule has 3 heteroatoms. The standard InChI is InChI=1S/C14H22BrNO/c1-11(2)10-17-9-8-16-12(3)13-6-4-5-7-14(13)15/h4-7,11-12,16H,8-10H2,1-3H3/t12-/m1/s1. The molecule has 0 saturated carbocycles. The molecule has 1 aromatic rings. The summed E-state index contributed by atoms with van der Waals surface area (Å²) in [5.74, 6) is 0.607. The fraction of sp³-hybridized carbons (Fsp3) is 0.571. The first-order chi connectivity index (χ1) is 8.11. The molecule has 0 heterocycles. The van der Waals surface area contributed by atoms with Crippen molar-refractivity contribution in [2.24, 2.45) is 5.92 Å². The maximum Gasteiger partial charge on any atom is 0.0591 e. The predicted molar refractivity (Wildman–Crippen MR) is 76.2 cm³/mol. The van der Waals surface area contributed by atoms with Crippen LogP contribution in [0.2, 0.25) is 0 Å². The maximum atomic E-state index is 5.54. The lowest BCUT2D eigenvalue weighted by atomic mass is 10.1. The monoisotopic (exact) mass is 299 g/mol. The summed E-state index contributed by atoms with van der Waals surface area (Å²) in [5.41, 5.74) is 1.29. The lowest BCUT2D eigenvalue weighted by molar-refractivity contribution is 0.110. The maximum absolute atomic E-state index is 5.54. The van der Waals surface area contributed by atoms with E-state index in [4.69, 9.17) is 4.74 Å². The van der Waals surface area contributed by atoms with Crippen LogP contribution in [0.25, 0.3) is 0 Å². The number of rotatable bonds is 7. The average Bonchev–Trinajstić information content (AvgIpc) is 2.28. The zero-order valence-corrected chi connectivity index (χ0v) is 12.5. The van der Waals surface area contributed by atoms with E-state index < -0.39 is 0 Å². The summed E-state index contributed by atoms with van der Waals surface area (Å²) in [7, 11) is 0. The van der Waals surface area contributed by atoms with Gasteiger partial charge >= 0.3 is 0 Å². The SMILES string of the molecule is CC(C)COCCN[C@H](C)c1ccccc1Br. The minimum atomic E-state index is 0.341. The molecule has 0 bridgehead atoms. The van der Waals surface area contributed by atoms with Crippen molar-refractivity contribution in [1.29, 1.82) is 0 Å². The van der Waals surface area contributed by atoms with Crippen molar-refractivity contribution in [3.63, 3.8) is 0 Å². The van der Waals surface area contributed by atoms with Gasteiger partial charge in [0.25, 0.3) is 0 Å². The Morgan fingerprint density at radius 2 is 1.94 bits per heavy atom. The summed E-state index contributed by atoms with van der Waals surface area (Å²) in [6, 6.07) is 8.65. The van der Waals surface area contributed by atoms with E-state index >= 15 is 0 Å². The molecular weight excluding hydrogens is 278 g/mol. The molecule has 1 N–H and O–H groups in total. The molecule has 96 valence electrons. The first kappa shape index (κ1) is 14.7. The lowest BCUT2D eigenvalue weighted by Crippen LogP contribution is -2.24. The Kier molecular flexibility index (Phi) is 6.78. The van der Waals surface area contributed by atoms with Crippen LogP contribution in [-0.4, -0.2) is 19.8 Å². The van der Waals surface area contributed by atoms with Crippen LogP contribution in [0.15, 0.2) is 28.7 Å². The van der Waals surface area contributed by atoms with Crippen molar-refractivity contribution >= 4 is 15.9 Å². The van der Waals surface area contributed by atoms with E-state index in [2.05, 4.69) is 60.2 Å². The van der Waals surface area contributed by atoms with Crippen molar-refractivity contribution in [3.05, 3.63) is 34.3 Å². The Bertz CT molecular complexity index is 328. The van der Waals surface area contributed by atoms with Crippen LogP contribution in [0.4, 0.5) is 0 Å². The highest BCUT2D eigenvalue weighted by Crippen LogP contribution is 2.22. The van der Waals surface area contributed by atoms with Crippen LogP contribution in [-0.2, 0) is 4.74 Å². The molecule has 0 spiro atoms. The first-order valence-electron chi connectivity index (χ1n) is 6.16. The van der Waals surface area contributed by atoms with Gasteiger partial charge in [0, 0.05) is 23.7 Å². The van der Waals surface area contributed by atoms with Gasteiger partial charge in [0.1, 0.15) is 0 Å². The highest BCUT2D eigenvalue weighted by molar-refractivity contribution is 9.10. The van der Waals surface area contributed by atoms with Gasteiger partial charge in [0.15, 0.2) is 0 Å². The average molecular weight is 300 g/mol. The van der Waals surface area contributed by atoms with Gasteiger partial charge < -0.3 is 10.1 Å². The van der Waals surface area contributed by atoms with E-state index in [9.17, 15) is 0 Å². The van der Waals surface area contributed by atoms with Gasteiger partial charge in [0.2, 0.25) is 0 Å². The fourth-order valence-corrected chi connectivity index (χ4v) is 2.23. The van der Waals surface area contributed by atoms with Gasteiger partial charge in [-0.2, -0.15) is 0 Å². The van der Waals surface area contributed by atoms with Crippen molar-refractivity contribution in [2.75, 3.05) is 19.8 Å². The minimum absolute atomic E-state index is 0.341. The summed E-state index contributed by atoms with van der Waals surface area (Å²) in [6.45, 7) is 8.99. The van der Waals surface area contributed by atoms with E-state index in [-0.39, 0.29) is 0 Å². The number of hydrogen-bond donors (Lipinski definition) is 1. The molecule has 0 aliphatic heterocycles. The van der Waals surface area contributed by atoms with E-state index in [1.165, 1.54) is 5.56 Å². The molecular formula is C14H22BrNO. The van der Waals surface area contributed by atoms with Crippen molar-refractivity contribution in [1.82, 2.24) is 5.32 Å². The summed E-state index contributed by atoms with van der Waals surface area (Å²) in [4.78, 5) is 0. The smallest absolute Gasteiger partial charge is 0.0591 e. The molecule has 1 rings (SSSR count). The molecule has 0 amide bonds. The molecule has 17 heavy (non-hydrogen) atoms. The van der Waals surface area contributed by atoms with E-state index in [1.807, 2.05) is 6.07 Å². The van der Waals surface area contributed by atoms with Gasteiger partial charge in [-0.25, -0.2) is 0 Å². The second kappa shape index (κ2) is 7.85. The van der Waals surface area contributed by atoms with E-state index in [1.54, 1.807) is 0 Å². The van der Waals surface area contributed by atoms with Crippen LogP contribution in [0, 0.1) is 5.92 Å². The molecule has 0 radical (unpaired) electrons. The van der Waals surface area contributed by atoms with Crippen molar-refractivity contribution < 1.29 is 4.74 Å². The summed E-state index contributed by atoms with van der Waals surface area (Å²) in [6.07, 6.45) is 0. The highest BCUT2D eigenvalue weighted by atomic mass is 79.9. The number of hydrogen-bond acceptors (Lipinski definition) is 2. The Labute approximate surface area is 113 Å². The third-order valence-corrected chi connectivity index (χ3v) is 3.24. The molecule has 1 aromatic carbocycles. The Hall–Kier alpha value is -0.380. The van der Waals surface area contributed by atoms with Crippen LogP contribution in [0.1, 0.15) is 32.4 Å². The molecule has 0 fully saturated rings. The number of benzene rings is 1. The van der Waals surface area contributed by atoms with Crippen LogP contribution in [0.5, 0.6) is 0 Å². The Morgan fingerprint density at radius 1 is 1.24 bits per heavy atom. The lowest BCUT2D eigenvalue weighted by Gasteiger charge is -2.16. The van der Waals surface area contributed by atoms with Gasteiger partial charge in [0.05, 0.1) is 6.61 Å². The first-order valence-corrected chi connectivity index (χ1v) is 6.96. The van der Waals surface area contributed by atoms with Crippen LogP contribution >= 0.6 is 15.9 Å². The molecule has 0 unspecified atom stereocenters. The summed E-state index contributed by atoms with van der Waals surface area (Å²) < 4.78 is 6.69. The quantitative estimate of drug-likeness (QED) is 0.774. The van der Waals surface area contributed by atoms with Crippen LogP contribution < -0.4 is 5.32 Å².